The van der Waals surface area contributed by atoms with E-state index >= 15 is 0 Å². The molecule has 0 bridgehead atoms. The molecule has 2 atom stereocenters. The molecule has 0 saturated heterocycles. The van der Waals surface area contributed by atoms with Gasteiger partial charge in [-0.2, -0.15) is 0 Å². The Morgan fingerprint density at radius 2 is 2.29 bits per heavy atom. The van der Waals surface area contributed by atoms with E-state index in [0.29, 0.717) is 5.92 Å². The van der Waals surface area contributed by atoms with E-state index in [2.05, 4.69) is 12.1 Å². The Bertz CT molecular complexity index is 369. The number of rotatable bonds is 1. The van der Waals surface area contributed by atoms with Crippen molar-refractivity contribution in [3.63, 3.8) is 0 Å². The second-order valence-electron chi connectivity index (χ2n) is 4.12. The van der Waals surface area contributed by atoms with Crippen LogP contribution in [0.4, 0.5) is 0 Å². The molecule has 1 aromatic heterocycles. The number of hydrogen-bond donors (Lipinski definition) is 1. The standard InChI is InChI=1S/C10H13NO3/c1-5-3-6(2)8-7(4-5)14-11-9(8)10(12)13/h5-6H,3-4H2,1-2H3,(H,12,13)/t5-,6-/m0/s1. The summed E-state index contributed by atoms with van der Waals surface area (Å²) in [5.41, 5.74) is 0.898. The third-order valence-electron chi connectivity index (χ3n) is 2.79. The van der Waals surface area contributed by atoms with Crippen molar-refractivity contribution in [1.29, 1.82) is 0 Å². The lowest BCUT2D eigenvalue weighted by molar-refractivity contribution is 0.0684. The van der Waals surface area contributed by atoms with Crippen molar-refractivity contribution in [1.82, 2.24) is 5.16 Å². The number of fused-ring (bicyclic) bond motifs is 1. The Hall–Kier alpha value is -1.32. The minimum atomic E-state index is -0.989. The van der Waals surface area contributed by atoms with Crippen molar-refractivity contribution >= 4 is 5.97 Å². The van der Waals surface area contributed by atoms with Crippen LogP contribution in [-0.2, 0) is 6.42 Å². The third kappa shape index (κ3) is 1.31. The largest absolute Gasteiger partial charge is 0.476 e. The van der Waals surface area contributed by atoms with Crippen LogP contribution in [0.15, 0.2) is 4.52 Å². The molecule has 0 spiro atoms. The summed E-state index contributed by atoms with van der Waals surface area (Å²) < 4.78 is 5.06. The fraction of sp³-hybridized carbons (Fsp3) is 0.600. The zero-order valence-corrected chi connectivity index (χ0v) is 8.28. The lowest BCUT2D eigenvalue weighted by Crippen LogP contribution is -2.15. The van der Waals surface area contributed by atoms with Gasteiger partial charge >= 0.3 is 5.97 Å². The van der Waals surface area contributed by atoms with Crippen molar-refractivity contribution < 1.29 is 14.4 Å². The minimum Gasteiger partial charge on any atom is -0.476 e. The van der Waals surface area contributed by atoms with Gasteiger partial charge in [-0.05, 0) is 18.3 Å². The highest BCUT2D eigenvalue weighted by Crippen LogP contribution is 2.36. The van der Waals surface area contributed by atoms with Crippen LogP contribution < -0.4 is 0 Å². The van der Waals surface area contributed by atoms with E-state index in [9.17, 15) is 4.79 Å². The Morgan fingerprint density at radius 3 is 2.93 bits per heavy atom. The maximum atomic E-state index is 10.8. The highest BCUT2D eigenvalue weighted by atomic mass is 16.5. The van der Waals surface area contributed by atoms with E-state index < -0.39 is 5.97 Å². The fourth-order valence-corrected chi connectivity index (χ4v) is 2.26. The van der Waals surface area contributed by atoms with Crippen LogP contribution in [0, 0.1) is 5.92 Å². The van der Waals surface area contributed by atoms with Crippen LogP contribution in [0.1, 0.15) is 48.0 Å². The fourth-order valence-electron chi connectivity index (χ4n) is 2.26. The molecule has 0 saturated carbocycles. The van der Waals surface area contributed by atoms with Crippen LogP contribution in [-0.4, -0.2) is 16.2 Å². The minimum absolute atomic E-state index is 0.0967. The maximum Gasteiger partial charge on any atom is 0.358 e. The quantitative estimate of drug-likeness (QED) is 0.744. The third-order valence-corrected chi connectivity index (χ3v) is 2.79. The molecule has 14 heavy (non-hydrogen) atoms. The number of aromatic nitrogens is 1. The molecular weight excluding hydrogens is 182 g/mol. The van der Waals surface area contributed by atoms with E-state index in [1.807, 2.05) is 6.92 Å². The number of carbonyl (C=O) groups is 1. The summed E-state index contributed by atoms with van der Waals surface area (Å²) in [5.74, 6) is 0.559. The second kappa shape index (κ2) is 3.12. The van der Waals surface area contributed by atoms with Crippen molar-refractivity contribution in [2.75, 3.05) is 0 Å². The number of hydrogen-bond acceptors (Lipinski definition) is 3. The predicted molar refractivity (Wildman–Crippen MR) is 49.4 cm³/mol. The van der Waals surface area contributed by atoms with E-state index in [0.717, 1.165) is 24.2 Å². The topological polar surface area (TPSA) is 63.3 Å². The van der Waals surface area contributed by atoms with Gasteiger partial charge in [0.25, 0.3) is 0 Å². The molecule has 0 fully saturated rings. The summed E-state index contributed by atoms with van der Waals surface area (Å²) in [7, 11) is 0. The molecular formula is C10H13NO3. The number of nitrogens with zero attached hydrogens (tertiary/aromatic N) is 1. The SMILES string of the molecule is C[C@@H]1Cc2onc(C(=O)O)c2[C@@H](C)C1. The first-order valence-corrected chi connectivity index (χ1v) is 4.81. The summed E-state index contributed by atoms with van der Waals surface area (Å²) in [6.45, 7) is 4.17. The van der Waals surface area contributed by atoms with Crippen LogP contribution in [0.25, 0.3) is 0 Å². The summed E-state index contributed by atoms with van der Waals surface area (Å²) in [5, 5.41) is 12.5. The molecule has 0 radical (unpaired) electrons. The molecule has 0 unspecified atom stereocenters. The molecule has 2 rings (SSSR count). The molecule has 1 aliphatic carbocycles. The highest BCUT2D eigenvalue weighted by Gasteiger charge is 2.31. The van der Waals surface area contributed by atoms with E-state index in [-0.39, 0.29) is 11.6 Å². The van der Waals surface area contributed by atoms with Gasteiger partial charge in [0.15, 0.2) is 5.69 Å². The van der Waals surface area contributed by atoms with Crippen LogP contribution in [0.3, 0.4) is 0 Å². The second-order valence-corrected chi connectivity index (χ2v) is 4.12. The average molecular weight is 195 g/mol. The van der Waals surface area contributed by atoms with Gasteiger partial charge in [0.05, 0.1) is 0 Å². The first-order valence-electron chi connectivity index (χ1n) is 4.81. The molecule has 1 N–H and O–H groups in total. The smallest absolute Gasteiger partial charge is 0.358 e. The summed E-state index contributed by atoms with van der Waals surface area (Å²) >= 11 is 0. The van der Waals surface area contributed by atoms with Crippen LogP contribution in [0.5, 0.6) is 0 Å². The summed E-state index contributed by atoms with van der Waals surface area (Å²) in [6, 6.07) is 0. The van der Waals surface area contributed by atoms with E-state index in [1.54, 1.807) is 0 Å². The zero-order chi connectivity index (χ0) is 10.3. The molecule has 0 aliphatic heterocycles. The van der Waals surface area contributed by atoms with Gasteiger partial charge in [0, 0.05) is 12.0 Å². The predicted octanol–water partition coefficient (Wildman–Crippen LogP) is 2.06. The maximum absolute atomic E-state index is 10.8. The number of carboxylic acid groups (broad SMARTS) is 1. The summed E-state index contributed by atoms with van der Waals surface area (Å²) in [6.07, 6.45) is 1.81. The molecule has 1 heterocycles. The van der Waals surface area contributed by atoms with Crippen LogP contribution in [0.2, 0.25) is 0 Å². The van der Waals surface area contributed by atoms with Gasteiger partial charge in [-0.15, -0.1) is 0 Å². The first-order chi connectivity index (χ1) is 6.59. The van der Waals surface area contributed by atoms with Gasteiger partial charge in [-0.25, -0.2) is 4.79 Å². The molecule has 0 aromatic carbocycles. The van der Waals surface area contributed by atoms with E-state index in [4.69, 9.17) is 9.63 Å². The lowest BCUT2D eigenvalue weighted by Gasteiger charge is -2.22. The van der Waals surface area contributed by atoms with Gasteiger partial charge in [-0.3, -0.25) is 0 Å². The van der Waals surface area contributed by atoms with E-state index in [1.165, 1.54) is 0 Å². The average Bonchev–Trinajstić information content (AvgIpc) is 2.47. The molecule has 1 aromatic rings. The number of aromatic carboxylic acids is 1. The Balaban J connectivity index is 2.46. The summed E-state index contributed by atoms with van der Waals surface area (Å²) in [4.78, 5) is 10.8. The monoisotopic (exact) mass is 195 g/mol. The lowest BCUT2D eigenvalue weighted by atomic mass is 9.81. The van der Waals surface area contributed by atoms with Gasteiger partial charge < -0.3 is 9.63 Å². The van der Waals surface area contributed by atoms with Crippen molar-refractivity contribution in [2.24, 2.45) is 5.92 Å². The van der Waals surface area contributed by atoms with Crippen LogP contribution >= 0.6 is 0 Å². The molecule has 4 heteroatoms. The normalized spacial score (nSPS) is 25.9. The number of carboxylic acids is 1. The van der Waals surface area contributed by atoms with Gasteiger partial charge in [0.2, 0.25) is 0 Å². The van der Waals surface area contributed by atoms with Gasteiger partial charge in [0.1, 0.15) is 5.76 Å². The molecule has 4 nitrogen and oxygen atoms in total. The van der Waals surface area contributed by atoms with Crippen molar-refractivity contribution in [3.05, 3.63) is 17.0 Å². The van der Waals surface area contributed by atoms with Crippen molar-refractivity contribution in [2.45, 2.75) is 32.6 Å². The van der Waals surface area contributed by atoms with Gasteiger partial charge in [-0.1, -0.05) is 19.0 Å². The Morgan fingerprint density at radius 1 is 1.57 bits per heavy atom. The van der Waals surface area contributed by atoms with Crippen molar-refractivity contribution in [3.8, 4) is 0 Å². The molecule has 1 aliphatic rings. The highest BCUT2D eigenvalue weighted by molar-refractivity contribution is 5.87. The molecule has 0 amide bonds. The Kier molecular flexibility index (Phi) is 2.06. The zero-order valence-electron chi connectivity index (χ0n) is 8.28. The molecule has 76 valence electrons. The Labute approximate surface area is 81.9 Å². The first kappa shape index (κ1) is 9.24.